The van der Waals surface area contributed by atoms with Gasteiger partial charge in [-0.05, 0) is 19.3 Å². The first kappa shape index (κ1) is 34.9. The van der Waals surface area contributed by atoms with Crippen molar-refractivity contribution in [2.45, 2.75) is 187 Å². The molecule has 0 aliphatic carbocycles. The number of ether oxygens (including phenoxy) is 1. The highest BCUT2D eigenvalue weighted by atomic mass is 16.5. The zero-order chi connectivity index (χ0) is 26.4. The van der Waals surface area contributed by atoms with E-state index < -0.39 is 5.97 Å². The molecule has 0 saturated carbocycles. The lowest BCUT2D eigenvalue weighted by molar-refractivity contribution is -0.144. The van der Waals surface area contributed by atoms with Crippen LogP contribution in [0.5, 0.6) is 0 Å². The van der Waals surface area contributed by atoms with Crippen molar-refractivity contribution in [3.05, 3.63) is 0 Å². The molecule has 0 aliphatic heterocycles. The lowest BCUT2D eigenvalue weighted by atomic mass is 10.0. The van der Waals surface area contributed by atoms with E-state index in [1.807, 2.05) is 0 Å². The van der Waals surface area contributed by atoms with Crippen LogP contribution in [0.3, 0.4) is 0 Å². The summed E-state index contributed by atoms with van der Waals surface area (Å²) in [5.74, 6) is -0.662. The van der Waals surface area contributed by atoms with E-state index in [4.69, 9.17) is 9.84 Å². The van der Waals surface area contributed by atoms with Crippen LogP contribution in [0.15, 0.2) is 0 Å². The number of carboxylic acid groups (broad SMARTS) is 1. The average Bonchev–Trinajstić information content (AvgIpc) is 2.86. The van der Waals surface area contributed by atoms with Crippen molar-refractivity contribution >= 4 is 11.9 Å². The van der Waals surface area contributed by atoms with Crippen LogP contribution in [0.1, 0.15) is 187 Å². The van der Waals surface area contributed by atoms with Crippen molar-refractivity contribution in [1.82, 2.24) is 0 Å². The first-order valence-corrected chi connectivity index (χ1v) is 16.0. The summed E-state index contributed by atoms with van der Waals surface area (Å²) in [6.07, 6.45) is 33.8. The molecular formula is C32H62O4. The van der Waals surface area contributed by atoms with Gasteiger partial charge in [0.1, 0.15) is 0 Å². The van der Waals surface area contributed by atoms with E-state index >= 15 is 0 Å². The molecule has 0 spiro atoms. The Morgan fingerprint density at radius 3 is 1.11 bits per heavy atom. The molecule has 4 heteroatoms. The van der Waals surface area contributed by atoms with Crippen LogP contribution in [0, 0.1) is 0 Å². The van der Waals surface area contributed by atoms with E-state index in [0.717, 1.165) is 25.7 Å². The van der Waals surface area contributed by atoms with Gasteiger partial charge in [0.05, 0.1) is 6.61 Å². The molecule has 36 heavy (non-hydrogen) atoms. The maximum Gasteiger partial charge on any atom is 0.305 e. The van der Waals surface area contributed by atoms with Crippen LogP contribution < -0.4 is 0 Å². The summed E-state index contributed by atoms with van der Waals surface area (Å²) >= 11 is 0. The Labute approximate surface area is 224 Å². The summed E-state index contributed by atoms with van der Waals surface area (Å²) in [7, 11) is 0. The number of carbonyl (C=O) groups excluding carboxylic acids is 1. The molecular weight excluding hydrogens is 448 g/mol. The van der Waals surface area contributed by atoms with E-state index in [0.29, 0.717) is 19.4 Å². The molecule has 0 fully saturated rings. The fourth-order valence-corrected chi connectivity index (χ4v) is 4.87. The van der Waals surface area contributed by atoms with E-state index in [1.165, 1.54) is 141 Å². The van der Waals surface area contributed by atoms with Crippen molar-refractivity contribution < 1.29 is 19.4 Å². The minimum Gasteiger partial charge on any atom is -0.481 e. The number of hydrogen-bond donors (Lipinski definition) is 1. The Balaban J connectivity index is 3.14. The molecule has 214 valence electrons. The third-order valence-corrected chi connectivity index (χ3v) is 7.28. The Kier molecular flexibility index (Phi) is 29.3. The predicted octanol–water partition coefficient (Wildman–Crippen LogP) is 10.6. The monoisotopic (exact) mass is 510 g/mol. The van der Waals surface area contributed by atoms with Gasteiger partial charge in [-0.1, -0.05) is 155 Å². The third-order valence-electron chi connectivity index (χ3n) is 7.28. The van der Waals surface area contributed by atoms with E-state index in [2.05, 4.69) is 6.92 Å². The topological polar surface area (TPSA) is 63.6 Å². The normalized spacial score (nSPS) is 11.1. The Morgan fingerprint density at radius 1 is 0.444 bits per heavy atom. The highest BCUT2D eigenvalue weighted by Gasteiger charge is 2.03. The molecule has 0 aliphatic rings. The van der Waals surface area contributed by atoms with Gasteiger partial charge in [-0.25, -0.2) is 0 Å². The molecule has 0 amide bonds. The van der Waals surface area contributed by atoms with Crippen LogP contribution in [0.2, 0.25) is 0 Å². The minimum absolute atomic E-state index is 0.00381. The van der Waals surface area contributed by atoms with Gasteiger partial charge in [0, 0.05) is 12.8 Å². The quantitative estimate of drug-likeness (QED) is 0.0770. The SMILES string of the molecule is CCCCCCCCCCCCCC(=O)OCCCCCCCCCCCCCCCCCC(=O)O. The summed E-state index contributed by atoms with van der Waals surface area (Å²) in [5, 5.41) is 8.61. The Bertz CT molecular complexity index is 463. The molecule has 0 saturated heterocycles. The van der Waals surface area contributed by atoms with Crippen molar-refractivity contribution in [3.63, 3.8) is 0 Å². The molecule has 1 N–H and O–H groups in total. The standard InChI is InChI=1S/C32H62O4/c1-2-3-4-5-6-7-13-17-20-23-26-29-32(35)36-30-27-24-21-18-15-12-10-8-9-11-14-16-19-22-25-28-31(33)34/h2-30H2,1H3,(H,33,34). The van der Waals surface area contributed by atoms with Gasteiger partial charge in [0.25, 0.3) is 0 Å². The van der Waals surface area contributed by atoms with Gasteiger partial charge in [-0.3, -0.25) is 9.59 Å². The van der Waals surface area contributed by atoms with Gasteiger partial charge in [0.2, 0.25) is 0 Å². The average molecular weight is 511 g/mol. The molecule has 0 radical (unpaired) electrons. The van der Waals surface area contributed by atoms with Crippen LogP contribution in [-0.2, 0) is 14.3 Å². The fourth-order valence-electron chi connectivity index (χ4n) is 4.87. The number of aliphatic carboxylic acids is 1. The lowest BCUT2D eigenvalue weighted by Crippen LogP contribution is -2.05. The van der Waals surface area contributed by atoms with Crippen molar-refractivity contribution in [2.24, 2.45) is 0 Å². The highest BCUT2D eigenvalue weighted by Crippen LogP contribution is 2.14. The summed E-state index contributed by atoms with van der Waals surface area (Å²) in [5.41, 5.74) is 0. The number of carboxylic acids is 1. The number of rotatable bonds is 30. The molecule has 0 atom stereocenters. The zero-order valence-electron chi connectivity index (χ0n) is 24.2. The van der Waals surface area contributed by atoms with Gasteiger partial charge in [-0.15, -0.1) is 0 Å². The molecule has 0 aromatic heterocycles. The summed E-state index contributed by atoms with van der Waals surface area (Å²) < 4.78 is 5.40. The molecule has 0 aromatic carbocycles. The van der Waals surface area contributed by atoms with Gasteiger partial charge in [0.15, 0.2) is 0 Å². The maximum atomic E-state index is 11.8. The number of hydrogen-bond acceptors (Lipinski definition) is 3. The summed E-state index contributed by atoms with van der Waals surface area (Å²) in [6.45, 7) is 2.88. The summed E-state index contributed by atoms with van der Waals surface area (Å²) in [4.78, 5) is 22.3. The van der Waals surface area contributed by atoms with E-state index in [1.54, 1.807) is 0 Å². The van der Waals surface area contributed by atoms with Crippen LogP contribution >= 0.6 is 0 Å². The van der Waals surface area contributed by atoms with Gasteiger partial charge < -0.3 is 9.84 Å². The van der Waals surface area contributed by atoms with Gasteiger partial charge >= 0.3 is 11.9 Å². The predicted molar refractivity (Wildman–Crippen MR) is 154 cm³/mol. The second-order valence-corrected chi connectivity index (χ2v) is 11.0. The van der Waals surface area contributed by atoms with E-state index in [9.17, 15) is 9.59 Å². The molecule has 0 rings (SSSR count). The van der Waals surface area contributed by atoms with Crippen LogP contribution in [-0.4, -0.2) is 23.7 Å². The third kappa shape index (κ3) is 31.0. The first-order chi connectivity index (χ1) is 17.7. The minimum atomic E-state index is -0.666. The number of esters is 1. The van der Waals surface area contributed by atoms with Crippen molar-refractivity contribution in [3.8, 4) is 0 Å². The molecule has 4 nitrogen and oxygen atoms in total. The lowest BCUT2D eigenvalue weighted by Gasteiger charge is -2.06. The molecule has 0 aromatic rings. The number of unbranched alkanes of at least 4 members (excludes halogenated alkanes) is 24. The van der Waals surface area contributed by atoms with Crippen molar-refractivity contribution in [2.75, 3.05) is 6.61 Å². The van der Waals surface area contributed by atoms with E-state index in [-0.39, 0.29) is 5.97 Å². The van der Waals surface area contributed by atoms with Gasteiger partial charge in [-0.2, -0.15) is 0 Å². The summed E-state index contributed by atoms with van der Waals surface area (Å²) in [6, 6.07) is 0. The molecule has 0 bridgehead atoms. The molecule has 0 heterocycles. The second-order valence-electron chi connectivity index (χ2n) is 11.0. The van der Waals surface area contributed by atoms with Crippen LogP contribution in [0.25, 0.3) is 0 Å². The second kappa shape index (κ2) is 30.2. The smallest absolute Gasteiger partial charge is 0.305 e. The largest absolute Gasteiger partial charge is 0.481 e. The van der Waals surface area contributed by atoms with Crippen LogP contribution in [0.4, 0.5) is 0 Å². The zero-order valence-corrected chi connectivity index (χ0v) is 24.2. The Morgan fingerprint density at radius 2 is 0.750 bits per heavy atom. The fraction of sp³-hybridized carbons (Fsp3) is 0.938. The highest BCUT2D eigenvalue weighted by molar-refractivity contribution is 5.69. The molecule has 0 unspecified atom stereocenters. The first-order valence-electron chi connectivity index (χ1n) is 16.0. The Hall–Kier alpha value is -1.06. The number of carbonyl (C=O) groups is 2. The maximum absolute atomic E-state index is 11.8. The van der Waals surface area contributed by atoms with Crippen molar-refractivity contribution in [1.29, 1.82) is 0 Å².